The van der Waals surface area contributed by atoms with Crippen molar-refractivity contribution in [2.75, 3.05) is 18.5 Å². The minimum atomic E-state index is -4.78. The lowest BCUT2D eigenvalue weighted by atomic mass is 10.1. The van der Waals surface area contributed by atoms with E-state index in [0.29, 0.717) is 17.9 Å². The van der Waals surface area contributed by atoms with Crippen LogP contribution in [0.5, 0.6) is 5.75 Å². The quantitative estimate of drug-likeness (QED) is 0.368. The molecule has 2 aromatic rings. The maximum absolute atomic E-state index is 12.7. The molecule has 0 aliphatic carbocycles. The molecule has 0 radical (unpaired) electrons. The standard InChI is InChI=1S/C17H12BrF3N2O6/c18-11-2-1-3-12(7-11)28-9-16(25)29-8-15(24)22-13-5-4-10(17(19,20)21)6-14(13)23(26)27/h1-7H,8-9H2,(H,22,24). The Morgan fingerprint density at radius 1 is 1.14 bits per heavy atom. The predicted molar refractivity (Wildman–Crippen MR) is 97.3 cm³/mol. The monoisotopic (exact) mass is 476 g/mol. The van der Waals surface area contributed by atoms with Crippen molar-refractivity contribution in [1.29, 1.82) is 0 Å². The van der Waals surface area contributed by atoms with E-state index < -0.39 is 53.1 Å². The van der Waals surface area contributed by atoms with Crippen molar-refractivity contribution in [2.45, 2.75) is 6.18 Å². The molecule has 0 fully saturated rings. The molecule has 0 aliphatic rings. The number of hydrogen-bond donors (Lipinski definition) is 1. The number of nitrogens with zero attached hydrogens (tertiary/aromatic N) is 1. The molecule has 1 N–H and O–H groups in total. The van der Waals surface area contributed by atoms with Crippen molar-refractivity contribution < 1.29 is 37.2 Å². The zero-order chi connectivity index (χ0) is 21.6. The Morgan fingerprint density at radius 3 is 2.48 bits per heavy atom. The van der Waals surface area contributed by atoms with Crippen LogP contribution in [0.25, 0.3) is 0 Å². The van der Waals surface area contributed by atoms with Crippen molar-refractivity contribution in [3.05, 3.63) is 62.6 Å². The zero-order valence-corrected chi connectivity index (χ0v) is 16.0. The first-order valence-corrected chi connectivity index (χ1v) is 8.55. The molecule has 29 heavy (non-hydrogen) atoms. The molecule has 1 amide bonds. The molecule has 12 heteroatoms. The zero-order valence-electron chi connectivity index (χ0n) is 14.4. The van der Waals surface area contributed by atoms with Crippen LogP contribution in [0.3, 0.4) is 0 Å². The molecule has 2 rings (SSSR count). The summed E-state index contributed by atoms with van der Waals surface area (Å²) in [6, 6.07) is 8.24. The van der Waals surface area contributed by atoms with Gasteiger partial charge in [0.05, 0.1) is 10.5 Å². The number of ether oxygens (including phenoxy) is 2. The highest BCUT2D eigenvalue weighted by atomic mass is 79.9. The number of rotatable bonds is 7. The number of nitro groups is 1. The van der Waals surface area contributed by atoms with Crippen LogP contribution in [-0.4, -0.2) is 30.0 Å². The second-order valence-corrected chi connectivity index (χ2v) is 6.36. The number of hydrogen-bond acceptors (Lipinski definition) is 6. The minimum Gasteiger partial charge on any atom is -0.482 e. The summed E-state index contributed by atoms with van der Waals surface area (Å²) in [5, 5.41) is 13.0. The highest BCUT2D eigenvalue weighted by Crippen LogP contribution is 2.34. The first-order chi connectivity index (χ1) is 13.6. The van der Waals surface area contributed by atoms with Crippen molar-refractivity contribution >= 4 is 39.2 Å². The Kier molecular flexibility index (Phi) is 7.15. The van der Waals surface area contributed by atoms with Crippen LogP contribution in [0.2, 0.25) is 0 Å². The molecule has 0 atom stereocenters. The molecule has 0 saturated carbocycles. The second kappa shape index (κ2) is 9.37. The molecule has 0 aliphatic heterocycles. The van der Waals surface area contributed by atoms with Gasteiger partial charge in [-0.15, -0.1) is 0 Å². The van der Waals surface area contributed by atoms with Gasteiger partial charge in [-0.05, 0) is 30.3 Å². The highest BCUT2D eigenvalue weighted by molar-refractivity contribution is 9.10. The molecule has 8 nitrogen and oxygen atoms in total. The average molecular weight is 477 g/mol. The van der Waals surface area contributed by atoms with Crippen LogP contribution >= 0.6 is 15.9 Å². The van der Waals surface area contributed by atoms with E-state index in [2.05, 4.69) is 20.7 Å². The van der Waals surface area contributed by atoms with Crippen molar-refractivity contribution in [2.24, 2.45) is 0 Å². The summed E-state index contributed by atoms with van der Waals surface area (Å²) >= 11 is 3.22. The predicted octanol–water partition coefficient (Wildman–Crippen LogP) is 3.94. The number of carbonyl (C=O) groups excluding carboxylic acids is 2. The van der Waals surface area contributed by atoms with E-state index in [4.69, 9.17) is 4.74 Å². The topological polar surface area (TPSA) is 108 Å². The number of nitro benzene ring substituents is 1. The van der Waals surface area contributed by atoms with Gasteiger partial charge in [0.15, 0.2) is 13.2 Å². The van der Waals surface area contributed by atoms with Gasteiger partial charge < -0.3 is 14.8 Å². The lowest BCUT2D eigenvalue weighted by Gasteiger charge is -2.10. The molecule has 0 spiro atoms. The third-order valence-electron chi connectivity index (χ3n) is 3.31. The summed E-state index contributed by atoms with van der Waals surface area (Å²) in [7, 11) is 0. The maximum atomic E-state index is 12.7. The van der Waals surface area contributed by atoms with Crippen LogP contribution in [0.15, 0.2) is 46.9 Å². The molecule has 0 unspecified atom stereocenters. The summed E-state index contributed by atoms with van der Waals surface area (Å²) in [6.07, 6.45) is -4.78. The first-order valence-electron chi connectivity index (χ1n) is 7.76. The van der Waals surface area contributed by atoms with Crippen molar-refractivity contribution in [3.8, 4) is 5.75 Å². The molecule has 0 saturated heterocycles. The van der Waals surface area contributed by atoms with Gasteiger partial charge in [-0.1, -0.05) is 22.0 Å². The van der Waals surface area contributed by atoms with Crippen LogP contribution < -0.4 is 10.1 Å². The number of esters is 1. The second-order valence-electron chi connectivity index (χ2n) is 5.44. The first kappa shape index (κ1) is 22.1. The lowest BCUT2D eigenvalue weighted by molar-refractivity contribution is -0.384. The van der Waals surface area contributed by atoms with Crippen LogP contribution in [0, 0.1) is 10.1 Å². The summed E-state index contributed by atoms with van der Waals surface area (Å²) in [5.41, 5.74) is -2.65. The fourth-order valence-corrected chi connectivity index (χ4v) is 2.42. The Labute approximate surface area is 169 Å². The summed E-state index contributed by atoms with van der Waals surface area (Å²) in [4.78, 5) is 33.3. The van der Waals surface area contributed by atoms with Gasteiger partial charge in [0.25, 0.3) is 11.6 Å². The normalized spacial score (nSPS) is 10.9. The number of nitrogens with one attached hydrogen (secondary N) is 1. The fraction of sp³-hybridized carbons (Fsp3) is 0.176. The van der Waals surface area contributed by atoms with E-state index >= 15 is 0 Å². The summed E-state index contributed by atoms with van der Waals surface area (Å²) in [5.74, 6) is -1.48. The van der Waals surface area contributed by atoms with E-state index in [1.807, 2.05) is 5.32 Å². The van der Waals surface area contributed by atoms with E-state index in [1.54, 1.807) is 24.3 Å². The van der Waals surface area contributed by atoms with Crippen LogP contribution in [-0.2, 0) is 20.5 Å². The Balaban J connectivity index is 1.91. The largest absolute Gasteiger partial charge is 0.482 e. The molecule has 154 valence electrons. The van der Waals surface area contributed by atoms with E-state index in [1.165, 1.54) is 0 Å². The molecule has 0 bridgehead atoms. The number of carbonyl (C=O) groups is 2. The van der Waals surface area contributed by atoms with Crippen molar-refractivity contribution in [3.63, 3.8) is 0 Å². The third kappa shape index (κ3) is 6.75. The van der Waals surface area contributed by atoms with Gasteiger partial charge in [0.2, 0.25) is 0 Å². The molecular formula is C17H12BrF3N2O6. The smallest absolute Gasteiger partial charge is 0.416 e. The molecule has 0 aromatic heterocycles. The third-order valence-corrected chi connectivity index (χ3v) is 3.81. The van der Waals surface area contributed by atoms with Gasteiger partial charge in [-0.2, -0.15) is 13.2 Å². The lowest BCUT2D eigenvalue weighted by Crippen LogP contribution is -2.24. The molecule has 0 heterocycles. The maximum Gasteiger partial charge on any atom is 0.416 e. The van der Waals surface area contributed by atoms with E-state index in [0.717, 1.165) is 10.5 Å². The van der Waals surface area contributed by atoms with Gasteiger partial charge in [0, 0.05) is 10.5 Å². The number of anilines is 1. The summed E-state index contributed by atoms with van der Waals surface area (Å²) in [6.45, 7) is -1.30. The Hall–Kier alpha value is -3.15. The number of amides is 1. The van der Waals surface area contributed by atoms with Gasteiger partial charge >= 0.3 is 12.1 Å². The SMILES string of the molecule is O=C(COC(=O)COc1cccc(Br)c1)Nc1ccc(C(F)(F)F)cc1[N+](=O)[O-]. The van der Waals surface area contributed by atoms with Crippen LogP contribution in [0.4, 0.5) is 24.5 Å². The number of halogens is 4. The Morgan fingerprint density at radius 2 is 1.86 bits per heavy atom. The number of benzene rings is 2. The number of alkyl halides is 3. The summed E-state index contributed by atoms with van der Waals surface area (Å²) < 4.78 is 48.6. The van der Waals surface area contributed by atoms with Crippen molar-refractivity contribution in [1.82, 2.24) is 0 Å². The highest BCUT2D eigenvalue weighted by Gasteiger charge is 2.33. The fourth-order valence-electron chi connectivity index (χ4n) is 2.04. The molecule has 2 aromatic carbocycles. The van der Waals surface area contributed by atoms with E-state index in [-0.39, 0.29) is 0 Å². The van der Waals surface area contributed by atoms with E-state index in [9.17, 15) is 32.9 Å². The average Bonchev–Trinajstić information content (AvgIpc) is 2.64. The van der Waals surface area contributed by atoms with Crippen LogP contribution in [0.1, 0.15) is 5.56 Å². The van der Waals surface area contributed by atoms with Gasteiger partial charge in [0.1, 0.15) is 11.4 Å². The minimum absolute atomic E-state index is 0.299. The Bertz CT molecular complexity index is 936. The molecular weight excluding hydrogens is 465 g/mol. The van der Waals surface area contributed by atoms with Gasteiger partial charge in [-0.3, -0.25) is 14.9 Å². The van der Waals surface area contributed by atoms with Gasteiger partial charge in [-0.25, -0.2) is 4.79 Å².